The van der Waals surface area contributed by atoms with Gasteiger partial charge in [0.05, 0.1) is 13.2 Å². The Morgan fingerprint density at radius 1 is 1.06 bits per heavy atom. The van der Waals surface area contributed by atoms with Crippen molar-refractivity contribution < 1.29 is 14.6 Å². The maximum Gasteiger partial charge on any atom is 0.348 e. The molecule has 1 unspecified atom stereocenters. The maximum absolute atomic E-state index is 11.0. The van der Waals surface area contributed by atoms with Crippen LogP contribution in [0.2, 0.25) is 0 Å². The Morgan fingerprint density at radius 3 is 2.39 bits per heavy atom. The van der Waals surface area contributed by atoms with E-state index in [-0.39, 0.29) is 12.1 Å². The molecule has 1 heterocycles. The van der Waals surface area contributed by atoms with Crippen LogP contribution in [0.25, 0.3) is 5.57 Å². The van der Waals surface area contributed by atoms with E-state index in [9.17, 15) is 9.90 Å². The number of allylic oxidation sites excluding steroid dienone is 2. The van der Waals surface area contributed by atoms with Gasteiger partial charge in [0.25, 0.3) is 0 Å². The lowest BCUT2D eigenvalue weighted by Crippen LogP contribution is -1.97. The third kappa shape index (κ3) is 7.93. The largest absolute Gasteiger partial charge is 0.465 e. The minimum absolute atomic E-state index is 0.234. The lowest BCUT2D eigenvalue weighted by Gasteiger charge is -2.12. The van der Waals surface area contributed by atoms with Crippen molar-refractivity contribution in [1.29, 1.82) is 0 Å². The van der Waals surface area contributed by atoms with E-state index in [0.29, 0.717) is 4.88 Å². The standard InChI is InChI=1S/C18H26O.C9H12O2S/c1-3-4-5-9-18(19)16-12-10-15(11-13-16)17-8-6-7-14(17)2;1-3-4-7-5-6-8(12-7)9(10)11-2/h10-13,18-19H,3-9H2,1-2H3;5-6H,3-4H2,1-2H3. The van der Waals surface area contributed by atoms with Gasteiger partial charge < -0.3 is 9.84 Å². The Morgan fingerprint density at radius 2 is 1.81 bits per heavy atom. The monoisotopic (exact) mass is 442 g/mol. The molecular weight excluding hydrogens is 404 g/mol. The van der Waals surface area contributed by atoms with Crippen molar-refractivity contribution in [3.8, 4) is 0 Å². The highest BCUT2D eigenvalue weighted by Gasteiger charge is 2.13. The molecule has 1 atom stereocenters. The Bertz CT molecular complexity index is 832. The molecule has 31 heavy (non-hydrogen) atoms. The van der Waals surface area contributed by atoms with Gasteiger partial charge in [0.2, 0.25) is 0 Å². The molecule has 0 saturated heterocycles. The normalized spacial score (nSPS) is 14.2. The van der Waals surface area contributed by atoms with Crippen molar-refractivity contribution in [2.45, 2.75) is 84.7 Å². The first-order valence-electron chi connectivity index (χ1n) is 11.6. The first-order chi connectivity index (χ1) is 15.0. The molecule has 4 heteroatoms. The molecular formula is C27H38O3S. The van der Waals surface area contributed by atoms with Gasteiger partial charge in [-0.1, -0.05) is 69.4 Å². The summed E-state index contributed by atoms with van der Waals surface area (Å²) in [5, 5.41) is 10.1. The zero-order valence-corrected chi connectivity index (χ0v) is 20.4. The van der Waals surface area contributed by atoms with Crippen LogP contribution in [-0.2, 0) is 11.2 Å². The number of methoxy groups -OCH3 is 1. The van der Waals surface area contributed by atoms with Gasteiger partial charge in [0.15, 0.2) is 0 Å². The number of hydrogen-bond acceptors (Lipinski definition) is 4. The number of carbonyl (C=O) groups is 1. The van der Waals surface area contributed by atoms with Gasteiger partial charge in [-0.2, -0.15) is 0 Å². The van der Waals surface area contributed by atoms with Crippen LogP contribution in [0.5, 0.6) is 0 Å². The summed E-state index contributed by atoms with van der Waals surface area (Å²) in [6.45, 7) is 6.56. The van der Waals surface area contributed by atoms with Crippen molar-refractivity contribution >= 4 is 22.9 Å². The smallest absolute Gasteiger partial charge is 0.348 e. The summed E-state index contributed by atoms with van der Waals surface area (Å²) in [7, 11) is 1.40. The summed E-state index contributed by atoms with van der Waals surface area (Å²) >= 11 is 1.52. The number of thiophene rings is 1. The summed E-state index contributed by atoms with van der Waals surface area (Å²) in [5.74, 6) is -0.234. The van der Waals surface area contributed by atoms with E-state index in [2.05, 4.69) is 49.8 Å². The summed E-state index contributed by atoms with van der Waals surface area (Å²) in [5.41, 5.74) is 5.47. The van der Waals surface area contributed by atoms with Crippen LogP contribution in [-0.4, -0.2) is 18.2 Å². The van der Waals surface area contributed by atoms with Gasteiger partial charge in [-0.15, -0.1) is 11.3 Å². The van der Waals surface area contributed by atoms with Gasteiger partial charge in [0.1, 0.15) is 4.88 Å². The molecule has 2 aromatic rings. The number of hydrogen-bond donors (Lipinski definition) is 1. The molecule has 0 saturated carbocycles. The number of unbranched alkanes of at least 4 members (excludes halogenated alkanes) is 2. The first-order valence-corrected chi connectivity index (χ1v) is 12.5. The Kier molecular flexibility index (Phi) is 11.0. The van der Waals surface area contributed by atoms with E-state index >= 15 is 0 Å². The third-order valence-electron chi connectivity index (χ3n) is 5.76. The number of aliphatic hydroxyl groups is 1. The van der Waals surface area contributed by atoms with Crippen LogP contribution in [0.4, 0.5) is 0 Å². The Balaban J connectivity index is 0.000000245. The minimum atomic E-state index is -0.292. The Hall–Kier alpha value is -1.91. The molecule has 1 aliphatic carbocycles. The van der Waals surface area contributed by atoms with E-state index in [1.54, 1.807) is 0 Å². The second-order valence-corrected chi connectivity index (χ2v) is 9.42. The molecule has 3 rings (SSSR count). The average Bonchev–Trinajstić information content (AvgIpc) is 3.43. The zero-order chi connectivity index (χ0) is 22.6. The number of rotatable bonds is 9. The van der Waals surface area contributed by atoms with E-state index < -0.39 is 0 Å². The van der Waals surface area contributed by atoms with Crippen LogP contribution in [0.15, 0.2) is 42.0 Å². The van der Waals surface area contributed by atoms with Crippen molar-refractivity contribution in [1.82, 2.24) is 0 Å². The van der Waals surface area contributed by atoms with Gasteiger partial charge in [-0.3, -0.25) is 0 Å². The van der Waals surface area contributed by atoms with E-state index in [1.807, 2.05) is 12.1 Å². The number of aryl methyl sites for hydroxylation is 1. The predicted molar refractivity (Wildman–Crippen MR) is 132 cm³/mol. The van der Waals surface area contributed by atoms with Gasteiger partial charge in [-0.05, 0) is 67.9 Å². The van der Waals surface area contributed by atoms with Crippen LogP contribution < -0.4 is 0 Å². The van der Waals surface area contributed by atoms with Crippen LogP contribution >= 0.6 is 11.3 Å². The molecule has 0 amide bonds. The van der Waals surface area contributed by atoms with Crippen molar-refractivity contribution in [3.63, 3.8) is 0 Å². The average molecular weight is 443 g/mol. The maximum atomic E-state index is 11.0. The topological polar surface area (TPSA) is 46.5 Å². The predicted octanol–water partition coefficient (Wildman–Crippen LogP) is 7.74. The van der Waals surface area contributed by atoms with Crippen LogP contribution in [0.1, 0.15) is 104 Å². The van der Waals surface area contributed by atoms with Gasteiger partial charge in [-0.25, -0.2) is 4.79 Å². The molecule has 0 spiro atoms. The molecule has 0 fully saturated rings. The summed E-state index contributed by atoms with van der Waals surface area (Å²) < 4.78 is 4.60. The molecule has 0 radical (unpaired) electrons. The fourth-order valence-electron chi connectivity index (χ4n) is 3.92. The van der Waals surface area contributed by atoms with E-state index in [1.165, 1.54) is 72.1 Å². The SMILES string of the molecule is CCCCCC(O)c1ccc(C2=C(C)CCC2)cc1.CCCc1ccc(C(=O)OC)s1. The van der Waals surface area contributed by atoms with Crippen LogP contribution in [0.3, 0.4) is 0 Å². The third-order valence-corrected chi connectivity index (χ3v) is 6.89. The summed E-state index contributed by atoms with van der Waals surface area (Å²) in [6, 6.07) is 12.4. The summed E-state index contributed by atoms with van der Waals surface area (Å²) in [4.78, 5) is 13.0. The fraction of sp³-hybridized carbons (Fsp3) is 0.519. The lowest BCUT2D eigenvalue weighted by atomic mass is 9.98. The highest BCUT2D eigenvalue weighted by atomic mass is 32.1. The summed E-state index contributed by atoms with van der Waals surface area (Å²) in [6.07, 6.45) is 10.0. The highest BCUT2D eigenvalue weighted by Crippen LogP contribution is 2.34. The van der Waals surface area contributed by atoms with E-state index in [4.69, 9.17) is 0 Å². The molecule has 1 aromatic carbocycles. The Labute approximate surface area is 192 Å². The second-order valence-electron chi connectivity index (χ2n) is 8.25. The minimum Gasteiger partial charge on any atom is -0.465 e. The fourth-order valence-corrected chi connectivity index (χ4v) is 4.94. The highest BCUT2D eigenvalue weighted by molar-refractivity contribution is 7.13. The van der Waals surface area contributed by atoms with Gasteiger partial charge in [0, 0.05) is 4.88 Å². The van der Waals surface area contributed by atoms with Gasteiger partial charge >= 0.3 is 5.97 Å². The number of esters is 1. The number of ether oxygens (including phenoxy) is 1. The molecule has 3 nitrogen and oxygen atoms in total. The van der Waals surface area contributed by atoms with Crippen molar-refractivity contribution in [2.24, 2.45) is 0 Å². The number of aliphatic hydroxyl groups excluding tert-OH is 1. The number of benzene rings is 1. The van der Waals surface area contributed by atoms with Crippen LogP contribution in [0, 0.1) is 0 Å². The molecule has 1 aliphatic rings. The lowest BCUT2D eigenvalue weighted by molar-refractivity contribution is 0.0606. The zero-order valence-electron chi connectivity index (χ0n) is 19.6. The molecule has 1 N–H and O–H groups in total. The van der Waals surface area contributed by atoms with E-state index in [0.717, 1.165) is 31.2 Å². The molecule has 1 aromatic heterocycles. The van der Waals surface area contributed by atoms with Crippen molar-refractivity contribution in [2.75, 3.05) is 7.11 Å². The molecule has 170 valence electrons. The molecule has 0 bridgehead atoms. The first kappa shape index (κ1) is 25.4. The molecule has 0 aliphatic heterocycles. The second kappa shape index (κ2) is 13.5. The van der Waals surface area contributed by atoms with Crippen molar-refractivity contribution in [3.05, 3.63) is 62.9 Å². The number of carbonyl (C=O) groups excluding carboxylic acids is 1. The quantitative estimate of drug-likeness (QED) is 0.319.